The van der Waals surface area contributed by atoms with Crippen molar-refractivity contribution in [3.8, 4) is 5.75 Å². The van der Waals surface area contributed by atoms with E-state index in [0.717, 1.165) is 0 Å². The summed E-state index contributed by atoms with van der Waals surface area (Å²) in [5, 5.41) is 2.61. The van der Waals surface area contributed by atoms with Crippen molar-refractivity contribution in [2.24, 2.45) is 0 Å². The third kappa shape index (κ3) is 7.39. The van der Waals surface area contributed by atoms with Gasteiger partial charge in [-0.2, -0.15) is 4.31 Å². The lowest BCUT2D eigenvalue weighted by Crippen LogP contribution is -2.41. The van der Waals surface area contributed by atoms with E-state index in [-0.39, 0.29) is 31.3 Å². The molecule has 0 saturated heterocycles. The van der Waals surface area contributed by atoms with Crippen LogP contribution in [0, 0.1) is 0 Å². The quantitative estimate of drug-likeness (QED) is 0.567. The van der Waals surface area contributed by atoms with Crippen molar-refractivity contribution in [1.29, 1.82) is 0 Å². The van der Waals surface area contributed by atoms with E-state index in [4.69, 9.17) is 14.2 Å². The molecule has 0 bridgehead atoms. The van der Waals surface area contributed by atoms with Crippen molar-refractivity contribution >= 4 is 15.9 Å². The number of benzene rings is 1. The summed E-state index contributed by atoms with van der Waals surface area (Å²) in [6.45, 7) is 1.09. The van der Waals surface area contributed by atoms with Crippen LogP contribution >= 0.6 is 0 Å². The Labute approximate surface area is 149 Å². The van der Waals surface area contributed by atoms with E-state index in [2.05, 4.69) is 5.32 Å². The summed E-state index contributed by atoms with van der Waals surface area (Å²) in [4.78, 5) is 12.0. The van der Waals surface area contributed by atoms with E-state index < -0.39 is 10.0 Å². The summed E-state index contributed by atoms with van der Waals surface area (Å²) >= 11 is 0. The van der Waals surface area contributed by atoms with Crippen molar-refractivity contribution < 1.29 is 27.4 Å². The van der Waals surface area contributed by atoms with E-state index in [9.17, 15) is 13.2 Å². The van der Waals surface area contributed by atoms with Crippen LogP contribution in [0.4, 0.5) is 0 Å². The molecule has 0 aliphatic carbocycles. The zero-order valence-corrected chi connectivity index (χ0v) is 15.7. The van der Waals surface area contributed by atoms with Gasteiger partial charge in [0.15, 0.2) is 0 Å². The van der Waals surface area contributed by atoms with Crippen molar-refractivity contribution in [2.75, 3.05) is 59.9 Å². The van der Waals surface area contributed by atoms with E-state index >= 15 is 0 Å². The van der Waals surface area contributed by atoms with Gasteiger partial charge in [-0.05, 0) is 24.3 Å². The second-order valence-electron chi connectivity index (χ2n) is 5.19. The number of nitrogens with one attached hydrogen (secondary N) is 1. The second-order valence-corrected chi connectivity index (χ2v) is 7.27. The fraction of sp³-hybridized carbons (Fsp3) is 0.562. The number of sulfonamides is 1. The van der Waals surface area contributed by atoms with Crippen molar-refractivity contribution in [1.82, 2.24) is 9.62 Å². The van der Waals surface area contributed by atoms with Crippen LogP contribution in [0.3, 0.4) is 0 Å². The Morgan fingerprint density at radius 3 is 2.08 bits per heavy atom. The molecule has 9 heteroatoms. The number of hydrogen-bond acceptors (Lipinski definition) is 6. The molecule has 1 amide bonds. The summed E-state index contributed by atoms with van der Waals surface area (Å²) < 4.78 is 41.0. The van der Waals surface area contributed by atoms with Gasteiger partial charge in [0.25, 0.3) is 5.91 Å². The molecule has 1 aromatic carbocycles. The van der Waals surface area contributed by atoms with Crippen LogP contribution in [-0.4, -0.2) is 78.6 Å². The highest BCUT2D eigenvalue weighted by Gasteiger charge is 2.21. The fourth-order valence-electron chi connectivity index (χ4n) is 2.04. The number of carbonyl (C=O) groups is 1. The van der Waals surface area contributed by atoms with Gasteiger partial charge in [-0.1, -0.05) is 0 Å². The minimum atomic E-state index is -3.52. The number of nitrogens with zero attached hydrogens (tertiary/aromatic N) is 1. The maximum Gasteiger partial charge on any atom is 0.251 e. The number of ether oxygens (including phenoxy) is 3. The molecule has 142 valence electrons. The number of amides is 1. The third-order valence-electron chi connectivity index (χ3n) is 3.48. The average Bonchev–Trinajstić information content (AvgIpc) is 2.61. The molecule has 8 nitrogen and oxygen atoms in total. The molecule has 0 radical (unpaired) electrons. The molecule has 0 aromatic heterocycles. The van der Waals surface area contributed by atoms with Crippen LogP contribution in [0.25, 0.3) is 0 Å². The lowest BCUT2D eigenvalue weighted by molar-refractivity contribution is 0.0956. The van der Waals surface area contributed by atoms with Gasteiger partial charge in [0.1, 0.15) is 5.75 Å². The summed E-state index contributed by atoms with van der Waals surface area (Å²) in [6, 6.07) is 6.57. The molecule has 1 N–H and O–H groups in total. The number of rotatable bonds is 12. The highest BCUT2D eigenvalue weighted by atomic mass is 32.2. The molecule has 1 aromatic rings. The molecule has 0 aliphatic heterocycles. The SMILES string of the molecule is COCCN(CCOC)S(=O)(=O)CCNC(=O)c1ccc(OC)cc1. The van der Waals surface area contributed by atoms with Crippen LogP contribution in [0.5, 0.6) is 5.75 Å². The van der Waals surface area contributed by atoms with Gasteiger partial charge in [-0.15, -0.1) is 0 Å². The smallest absolute Gasteiger partial charge is 0.251 e. The lowest BCUT2D eigenvalue weighted by Gasteiger charge is -2.21. The van der Waals surface area contributed by atoms with Gasteiger partial charge in [0, 0.05) is 39.4 Å². The Kier molecular flexibility index (Phi) is 9.43. The van der Waals surface area contributed by atoms with E-state index in [1.54, 1.807) is 31.4 Å². The lowest BCUT2D eigenvalue weighted by atomic mass is 10.2. The summed E-state index contributed by atoms with van der Waals surface area (Å²) in [7, 11) is 1.04. The predicted octanol–water partition coefficient (Wildman–Crippen LogP) is 0.350. The van der Waals surface area contributed by atoms with Crippen LogP contribution in [-0.2, 0) is 19.5 Å². The first-order valence-corrected chi connectivity index (χ1v) is 9.43. The maximum atomic E-state index is 12.4. The Morgan fingerprint density at radius 2 is 1.60 bits per heavy atom. The first kappa shape index (κ1) is 21.4. The highest BCUT2D eigenvalue weighted by molar-refractivity contribution is 7.89. The number of carbonyl (C=O) groups excluding carboxylic acids is 1. The molecule has 0 aliphatic rings. The highest BCUT2D eigenvalue weighted by Crippen LogP contribution is 2.11. The largest absolute Gasteiger partial charge is 0.497 e. The molecule has 0 fully saturated rings. The van der Waals surface area contributed by atoms with E-state index in [1.165, 1.54) is 18.5 Å². The zero-order valence-electron chi connectivity index (χ0n) is 14.9. The van der Waals surface area contributed by atoms with Crippen LogP contribution < -0.4 is 10.1 Å². The summed E-state index contributed by atoms with van der Waals surface area (Å²) in [5.41, 5.74) is 0.439. The summed E-state index contributed by atoms with van der Waals surface area (Å²) in [6.07, 6.45) is 0. The molecule has 0 unspecified atom stereocenters. The Balaban J connectivity index is 2.56. The van der Waals surface area contributed by atoms with E-state index in [0.29, 0.717) is 24.5 Å². The molecular formula is C16H26N2O6S. The second kappa shape index (κ2) is 11.0. The van der Waals surface area contributed by atoms with Crippen molar-refractivity contribution in [2.45, 2.75) is 0 Å². The van der Waals surface area contributed by atoms with Gasteiger partial charge in [0.05, 0.1) is 26.1 Å². The minimum absolute atomic E-state index is 0.0175. The van der Waals surface area contributed by atoms with Crippen LogP contribution in [0.1, 0.15) is 10.4 Å². The van der Waals surface area contributed by atoms with Gasteiger partial charge in [-0.3, -0.25) is 4.79 Å². The molecule has 0 saturated carbocycles. The first-order valence-electron chi connectivity index (χ1n) is 7.82. The van der Waals surface area contributed by atoms with Crippen molar-refractivity contribution in [3.63, 3.8) is 0 Å². The van der Waals surface area contributed by atoms with Gasteiger partial charge >= 0.3 is 0 Å². The standard InChI is InChI=1S/C16H26N2O6S/c1-22-11-9-18(10-12-23-2)25(20,21)13-8-17-16(19)14-4-6-15(24-3)7-5-14/h4-7H,8-13H2,1-3H3,(H,17,19). The summed E-state index contributed by atoms with van der Waals surface area (Å²) in [5.74, 6) is 0.117. The van der Waals surface area contributed by atoms with Gasteiger partial charge < -0.3 is 19.5 Å². The monoisotopic (exact) mass is 374 g/mol. The Hall–Kier alpha value is -1.68. The molecule has 1 rings (SSSR count). The Bertz CT molecular complexity index is 610. The molecule has 25 heavy (non-hydrogen) atoms. The Morgan fingerprint density at radius 1 is 1.04 bits per heavy atom. The molecule has 0 heterocycles. The van der Waals surface area contributed by atoms with Crippen LogP contribution in [0.15, 0.2) is 24.3 Å². The third-order valence-corrected chi connectivity index (χ3v) is 5.35. The normalized spacial score (nSPS) is 11.5. The minimum Gasteiger partial charge on any atom is -0.497 e. The maximum absolute atomic E-state index is 12.4. The average molecular weight is 374 g/mol. The van der Waals surface area contributed by atoms with Crippen molar-refractivity contribution in [3.05, 3.63) is 29.8 Å². The van der Waals surface area contributed by atoms with Crippen LogP contribution in [0.2, 0.25) is 0 Å². The molecule has 0 spiro atoms. The number of methoxy groups -OCH3 is 3. The number of hydrogen-bond donors (Lipinski definition) is 1. The molecular weight excluding hydrogens is 348 g/mol. The van der Waals surface area contributed by atoms with Gasteiger partial charge in [0.2, 0.25) is 10.0 Å². The van der Waals surface area contributed by atoms with E-state index in [1.807, 2.05) is 0 Å². The zero-order chi connectivity index (χ0) is 18.7. The molecule has 0 atom stereocenters. The van der Waals surface area contributed by atoms with Gasteiger partial charge in [-0.25, -0.2) is 8.42 Å². The first-order chi connectivity index (χ1) is 11.9. The predicted molar refractivity (Wildman–Crippen MR) is 94.4 cm³/mol. The topological polar surface area (TPSA) is 94.2 Å². The fourth-order valence-corrected chi connectivity index (χ4v) is 3.37.